The molecule has 0 bridgehead atoms. The van der Waals surface area contributed by atoms with Crippen molar-refractivity contribution in [2.45, 2.75) is 25.0 Å². The van der Waals surface area contributed by atoms with Crippen LogP contribution >= 0.6 is 0 Å². The van der Waals surface area contributed by atoms with Crippen LogP contribution < -0.4 is 26.4 Å². The van der Waals surface area contributed by atoms with E-state index in [4.69, 9.17) is 4.74 Å². The van der Waals surface area contributed by atoms with Crippen molar-refractivity contribution in [1.29, 1.82) is 0 Å². The molecule has 3 aromatic rings. The average molecular weight is 510 g/mol. The molecule has 1 aromatic heterocycles. The molecule has 13 nitrogen and oxygen atoms in total. The first-order valence-electron chi connectivity index (χ1n) is 11.2. The number of H-pyrrole nitrogens is 1. The number of hydrogen-bond acceptors (Lipinski definition) is 9. The Hall–Kier alpha value is -4.94. The summed E-state index contributed by atoms with van der Waals surface area (Å²) in [5.41, 5.74) is 0.796. The summed E-state index contributed by atoms with van der Waals surface area (Å²) in [5, 5.41) is 17.9. The van der Waals surface area contributed by atoms with Gasteiger partial charge in [0.1, 0.15) is 18.0 Å². The summed E-state index contributed by atoms with van der Waals surface area (Å²) < 4.78 is 5.16. The molecule has 0 spiro atoms. The van der Waals surface area contributed by atoms with Gasteiger partial charge >= 0.3 is 17.8 Å². The van der Waals surface area contributed by atoms with Crippen LogP contribution in [-0.4, -0.2) is 69.7 Å². The first-order valence-corrected chi connectivity index (χ1v) is 11.2. The lowest BCUT2D eigenvalue weighted by molar-refractivity contribution is -0.137. The van der Waals surface area contributed by atoms with Gasteiger partial charge in [0.25, 0.3) is 0 Å². The van der Waals surface area contributed by atoms with Gasteiger partial charge in [0.2, 0.25) is 18.3 Å². The van der Waals surface area contributed by atoms with Crippen LogP contribution in [0.5, 0.6) is 5.75 Å². The van der Waals surface area contributed by atoms with Gasteiger partial charge in [-0.25, -0.2) is 14.4 Å². The zero-order chi connectivity index (χ0) is 26.8. The highest BCUT2D eigenvalue weighted by molar-refractivity contribution is 5.77. The van der Waals surface area contributed by atoms with Crippen molar-refractivity contribution in [2.24, 2.45) is 0 Å². The van der Waals surface area contributed by atoms with Crippen molar-refractivity contribution in [2.75, 3.05) is 24.7 Å². The van der Waals surface area contributed by atoms with Crippen LogP contribution in [0.25, 0.3) is 0 Å². The van der Waals surface area contributed by atoms with Crippen LogP contribution in [0.4, 0.5) is 16.7 Å². The molecule has 0 saturated heterocycles. The van der Waals surface area contributed by atoms with Gasteiger partial charge in [-0.05, 0) is 23.3 Å². The number of carboxylic acids is 1. The van der Waals surface area contributed by atoms with E-state index in [1.54, 1.807) is 38.4 Å². The number of amides is 2. The molecule has 5 N–H and O–H groups in total. The Morgan fingerprint density at radius 2 is 1.70 bits per heavy atom. The fraction of sp³-hybridized carbons (Fsp3) is 0.250. The van der Waals surface area contributed by atoms with Crippen molar-refractivity contribution < 1.29 is 24.2 Å². The molecule has 0 fully saturated rings. The van der Waals surface area contributed by atoms with Gasteiger partial charge in [0.15, 0.2) is 0 Å². The number of benzene rings is 2. The largest absolute Gasteiger partial charge is 0.480 e. The van der Waals surface area contributed by atoms with Crippen LogP contribution in [0.15, 0.2) is 59.4 Å². The van der Waals surface area contributed by atoms with Crippen molar-refractivity contribution >= 4 is 30.4 Å². The molecule has 0 aliphatic rings. The Balaban J connectivity index is 1.70. The smallest absolute Gasteiger partial charge is 0.414 e. The van der Waals surface area contributed by atoms with E-state index in [1.807, 2.05) is 30.3 Å². The number of anilines is 2. The van der Waals surface area contributed by atoms with Crippen molar-refractivity contribution in [1.82, 2.24) is 25.2 Å². The van der Waals surface area contributed by atoms with Crippen LogP contribution in [0, 0.1) is 0 Å². The summed E-state index contributed by atoms with van der Waals surface area (Å²) in [6, 6.07) is 14.5. The van der Waals surface area contributed by atoms with Crippen LogP contribution in [-0.2, 0) is 22.4 Å². The van der Waals surface area contributed by atoms with Gasteiger partial charge in [0, 0.05) is 26.9 Å². The first-order chi connectivity index (χ1) is 17.7. The van der Waals surface area contributed by atoms with Crippen LogP contribution in [0.3, 0.4) is 0 Å². The van der Waals surface area contributed by atoms with Crippen molar-refractivity contribution in [3.05, 3.63) is 76.2 Å². The lowest BCUT2D eigenvalue weighted by Crippen LogP contribution is -2.39. The average Bonchev–Trinajstić information content (AvgIpc) is 2.85. The van der Waals surface area contributed by atoms with E-state index in [2.05, 4.69) is 30.9 Å². The monoisotopic (exact) mass is 509 g/mol. The predicted octanol–water partition coefficient (Wildman–Crippen LogP) is 1.06. The second-order valence-corrected chi connectivity index (χ2v) is 8.14. The Bertz CT molecular complexity index is 1260. The lowest BCUT2D eigenvalue weighted by Gasteiger charge is -2.19. The molecule has 0 aliphatic carbocycles. The number of carboxylic acid groups (broad SMARTS) is 1. The van der Waals surface area contributed by atoms with Gasteiger partial charge in [0.05, 0.1) is 0 Å². The predicted molar refractivity (Wildman–Crippen MR) is 134 cm³/mol. The first kappa shape index (κ1) is 26.7. The molecular weight excluding hydrogens is 482 g/mol. The van der Waals surface area contributed by atoms with E-state index >= 15 is 0 Å². The summed E-state index contributed by atoms with van der Waals surface area (Å²) in [5.74, 6) is -1.08. The number of hydrogen-bond donors (Lipinski definition) is 5. The summed E-state index contributed by atoms with van der Waals surface area (Å²) in [4.78, 5) is 58.3. The minimum atomic E-state index is -1.18. The SMILES string of the molecule is CN(C)C(=O)Oc1ccc(C[C@H](Nc2nc(NC(Cc3ccccc3)NC=O)nc(=O)[nH]2)C(=O)O)cc1. The number of aromatic nitrogens is 3. The van der Waals surface area contributed by atoms with Crippen LogP contribution in [0.1, 0.15) is 11.1 Å². The molecule has 194 valence electrons. The van der Waals surface area contributed by atoms with Gasteiger partial charge < -0.3 is 30.7 Å². The molecule has 13 heteroatoms. The molecule has 1 unspecified atom stereocenters. The summed E-state index contributed by atoms with van der Waals surface area (Å²) in [6.45, 7) is 0. The second-order valence-electron chi connectivity index (χ2n) is 8.14. The Kier molecular flexibility index (Phi) is 9.13. The standard InChI is InChI=1S/C24H27N7O6/c1-31(2)24(36)37-17-10-8-16(9-11-17)12-18(20(33)34)26-21-28-22(30-23(35)29-21)27-19(25-14-32)13-15-6-4-3-5-7-15/h3-11,14,18-19H,12-13H2,1-2H3,(H,25,32)(H,33,34)(H3,26,27,28,29,30,35)/t18-,19?/m0/s1. The van der Waals surface area contributed by atoms with Crippen molar-refractivity contribution in [3.63, 3.8) is 0 Å². The second kappa shape index (κ2) is 12.7. The minimum absolute atomic E-state index is 0.0371. The van der Waals surface area contributed by atoms with E-state index in [0.717, 1.165) is 5.56 Å². The summed E-state index contributed by atoms with van der Waals surface area (Å²) in [6.07, 6.45) is -0.222. The third-order valence-corrected chi connectivity index (χ3v) is 5.05. The van der Waals surface area contributed by atoms with E-state index in [1.165, 1.54) is 4.90 Å². The lowest BCUT2D eigenvalue weighted by atomic mass is 10.1. The highest BCUT2D eigenvalue weighted by atomic mass is 16.6. The number of aliphatic carboxylic acids is 1. The maximum absolute atomic E-state index is 12.1. The molecule has 0 radical (unpaired) electrons. The molecule has 2 atom stereocenters. The maximum Gasteiger partial charge on any atom is 0.414 e. The van der Waals surface area contributed by atoms with E-state index < -0.39 is 30.0 Å². The normalized spacial score (nSPS) is 12.1. The number of carbonyl (C=O) groups excluding carboxylic acids is 2. The van der Waals surface area contributed by atoms with Gasteiger partial charge in [-0.1, -0.05) is 42.5 Å². The molecule has 3 rings (SSSR count). The third kappa shape index (κ3) is 8.35. The molecule has 0 saturated carbocycles. The molecule has 2 amide bonds. The fourth-order valence-electron chi connectivity index (χ4n) is 3.24. The number of carbonyl (C=O) groups is 3. The number of rotatable bonds is 12. The number of aromatic amines is 1. The Morgan fingerprint density at radius 3 is 2.32 bits per heavy atom. The zero-order valence-corrected chi connectivity index (χ0v) is 20.2. The number of nitrogens with one attached hydrogen (secondary N) is 4. The molecule has 1 heterocycles. The minimum Gasteiger partial charge on any atom is -0.480 e. The molecular formula is C24H27N7O6. The van der Waals surface area contributed by atoms with Crippen LogP contribution in [0.2, 0.25) is 0 Å². The van der Waals surface area contributed by atoms with Crippen molar-refractivity contribution in [3.8, 4) is 5.75 Å². The van der Waals surface area contributed by atoms with E-state index in [9.17, 15) is 24.3 Å². The molecule has 37 heavy (non-hydrogen) atoms. The highest BCUT2D eigenvalue weighted by Gasteiger charge is 2.20. The Morgan fingerprint density at radius 1 is 1.03 bits per heavy atom. The third-order valence-electron chi connectivity index (χ3n) is 5.05. The molecule has 0 aliphatic heterocycles. The van der Waals surface area contributed by atoms with Gasteiger partial charge in [-0.2, -0.15) is 9.97 Å². The van der Waals surface area contributed by atoms with E-state index in [0.29, 0.717) is 24.1 Å². The Labute approximate surface area is 211 Å². The quantitative estimate of drug-likeness (QED) is 0.175. The summed E-state index contributed by atoms with van der Waals surface area (Å²) in [7, 11) is 3.11. The maximum atomic E-state index is 12.1. The summed E-state index contributed by atoms with van der Waals surface area (Å²) >= 11 is 0. The zero-order valence-electron chi connectivity index (χ0n) is 20.2. The van der Waals surface area contributed by atoms with E-state index in [-0.39, 0.29) is 18.3 Å². The highest BCUT2D eigenvalue weighted by Crippen LogP contribution is 2.16. The van der Waals surface area contributed by atoms with Gasteiger partial charge in [-0.15, -0.1) is 0 Å². The topological polar surface area (TPSA) is 179 Å². The number of nitrogens with zero attached hydrogens (tertiary/aromatic N) is 3. The number of ether oxygens (including phenoxy) is 1. The fourth-order valence-corrected chi connectivity index (χ4v) is 3.24. The molecule has 2 aromatic carbocycles. The van der Waals surface area contributed by atoms with Gasteiger partial charge in [-0.3, -0.25) is 9.78 Å².